The lowest BCUT2D eigenvalue weighted by Crippen LogP contribution is -1.83. The molecule has 0 aliphatic heterocycles. The van der Waals surface area contributed by atoms with E-state index in [0.29, 0.717) is 5.88 Å². The first-order chi connectivity index (χ1) is 6.26. The minimum absolute atomic E-state index is 0.586. The molecule has 1 nitrogen and oxygen atoms in total. The summed E-state index contributed by atoms with van der Waals surface area (Å²) < 4.78 is 0.992. The van der Waals surface area contributed by atoms with Crippen molar-refractivity contribution in [1.82, 2.24) is 4.98 Å². The van der Waals surface area contributed by atoms with Gasteiger partial charge in [0.05, 0.1) is 0 Å². The van der Waals surface area contributed by atoms with Crippen LogP contribution in [0.3, 0.4) is 0 Å². The number of allylic oxidation sites excluding steroid dienone is 1. The van der Waals surface area contributed by atoms with Gasteiger partial charge in [0.25, 0.3) is 0 Å². The summed E-state index contributed by atoms with van der Waals surface area (Å²) in [6.45, 7) is 2.10. The second-order valence-corrected chi connectivity index (χ2v) is 3.91. The molecule has 0 radical (unpaired) electrons. The zero-order valence-corrected chi connectivity index (χ0v) is 9.77. The van der Waals surface area contributed by atoms with Gasteiger partial charge in [-0.3, -0.25) is 4.98 Å². The van der Waals surface area contributed by atoms with Crippen molar-refractivity contribution >= 4 is 33.6 Å². The first kappa shape index (κ1) is 10.7. The van der Waals surface area contributed by atoms with Crippen molar-refractivity contribution in [3.63, 3.8) is 0 Å². The van der Waals surface area contributed by atoms with Crippen LogP contribution < -0.4 is 0 Å². The van der Waals surface area contributed by atoms with Gasteiger partial charge in [-0.25, -0.2) is 0 Å². The van der Waals surface area contributed by atoms with Crippen molar-refractivity contribution in [1.29, 1.82) is 0 Å². The molecular weight excluding hydrogens is 249 g/mol. The standard InChI is InChI=1S/C10H11BrClN/c1-2-8(5-12)3-9-4-10(11)7-13-6-9/h3-4,6-7H,2,5H2,1H3/b8-3-. The molecule has 0 unspecified atom stereocenters. The van der Waals surface area contributed by atoms with Crippen molar-refractivity contribution < 1.29 is 0 Å². The van der Waals surface area contributed by atoms with Gasteiger partial charge < -0.3 is 0 Å². The van der Waals surface area contributed by atoms with Crippen LogP contribution in [0.2, 0.25) is 0 Å². The Bertz CT molecular complexity index is 304. The highest BCUT2D eigenvalue weighted by Crippen LogP contribution is 2.14. The van der Waals surface area contributed by atoms with E-state index < -0.39 is 0 Å². The molecule has 0 saturated carbocycles. The minimum Gasteiger partial charge on any atom is -0.263 e. The number of rotatable bonds is 3. The average molecular weight is 261 g/mol. The molecule has 3 heteroatoms. The van der Waals surface area contributed by atoms with E-state index in [1.54, 1.807) is 6.20 Å². The molecule has 0 spiro atoms. The first-order valence-corrected chi connectivity index (χ1v) is 5.45. The maximum Gasteiger partial charge on any atom is 0.0436 e. The van der Waals surface area contributed by atoms with Gasteiger partial charge in [-0.2, -0.15) is 0 Å². The molecule has 0 aliphatic carbocycles. The predicted octanol–water partition coefficient (Wildman–Crippen LogP) is 3.88. The van der Waals surface area contributed by atoms with E-state index in [1.165, 1.54) is 5.57 Å². The Balaban J connectivity index is 2.89. The molecule has 0 N–H and O–H groups in total. The van der Waals surface area contributed by atoms with Crippen molar-refractivity contribution in [2.45, 2.75) is 13.3 Å². The zero-order chi connectivity index (χ0) is 9.68. The highest BCUT2D eigenvalue weighted by atomic mass is 79.9. The second kappa shape index (κ2) is 5.40. The molecule has 0 atom stereocenters. The normalized spacial score (nSPS) is 11.8. The Labute approximate surface area is 92.0 Å². The maximum atomic E-state index is 5.76. The summed E-state index contributed by atoms with van der Waals surface area (Å²) in [6, 6.07) is 2.02. The molecule has 0 bridgehead atoms. The Kier molecular flexibility index (Phi) is 4.46. The topological polar surface area (TPSA) is 12.9 Å². The quantitative estimate of drug-likeness (QED) is 0.752. The van der Waals surface area contributed by atoms with Gasteiger partial charge >= 0.3 is 0 Å². The molecule has 70 valence electrons. The number of alkyl halides is 1. The zero-order valence-electron chi connectivity index (χ0n) is 7.43. The fraction of sp³-hybridized carbons (Fsp3) is 0.300. The summed E-state index contributed by atoms with van der Waals surface area (Å²) in [5, 5.41) is 0. The molecule has 13 heavy (non-hydrogen) atoms. The molecule has 0 amide bonds. The molecular formula is C10H11BrClN. The SMILES string of the molecule is CC/C(=C/c1cncc(Br)c1)CCl. The Morgan fingerprint density at radius 3 is 2.92 bits per heavy atom. The third kappa shape index (κ3) is 3.49. The summed E-state index contributed by atoms with van der Waals surface area (Å²) in [7, 11) is 0. The van der Waals surface area contributed by atoms with Crippen molar-refractivity contribution in [3.05, 3.63) is 34.1 Å². The fourth-order valence-electron chi connectivity index (χ4n) is 0.978. The van der Waals surface area contributed by atoms with E-state index in [9.17, 15) is 0 Å². The highest BCUT2D eigenvalue weighted by molar-refractivity contribution is 9.10. The van der Waals surface area contributed by atoms with Crippen LogP contribution in [-0.4, -0.2) is 10.9 Å². The summed E-state index contributed by atoms with van der Waals surface area (Å²) in [4.78, 5) is 4.07. The maximum absolute atomic E-state index is 5.76. The van der Waals surface area contributed by atoms with Crippen molar-refractivity contribution in [2.24, 2.45) is 0 Å². The van der Waals surface area contributed by atoms with Crippen molar-refractivity contribution in [2.75, 3.05) is 5.88 Å². The van der Waals surface area contributed by atoms with Crippen LogP contribution in [-0.2, 0) is 0 Å². The second-order valence-electron chi connectivity index (χ2n) is 2.73. The van der Waals surface area contributed by atoms with Gasteiger partial charge in [-0.15, -0.1) is 11.6 Å². The third-order valence-electron chi connectivity index (χ3n) is 1.72. The summed E-state index contributed by atoms with van der Waals surface area (Å²) in [5.74, 6) is 0.586. The first-order valence-electron chi connectivity index (χ1n) is 4.12. The largest absolute Gasteiger partial charge is 0.263 e. The molecule has 0 fully saturated rings. The molecule has 1 rings (SSSR count). The molecule has 1 aromatic rings. The Morgan fingerprint density at radius 1 is 1.62 bits per heavy atom. The van der Waals surface area contributed by atoms with Gasteiger partial charge in [-0.1, -0.05) is 18.6 Å². The number of hydrogen-bond donors (Lipinski definition) is 0. The number of nitrogens with zero attached hydrogens (tertiary/aromatic N) is 1. The van der Waals surface area contributed by atoms with Gasteiger partial charge in [0.15, 0.2) is 0 Å². The third-order valence-corrected chi connectivity index (χ3v) is 2.50. The lowest BCUT2D eigenvalue weighted by molar-refractivity contribution is 1.12. The molecule has 0 aromatic carbocycles. The molecule has 0 saturated heterocycles. The number of hydrogen-bond acceptors (Lipinski definition) is 1. The lowest BCUT2D eigenvalue weighted by atomic mass is 10.1. The van der Waals surface area contributed by atoms with Crippen LogP contribution in [0.15, 0.2) is 28.5 Å². The molecule has 0 aliphatic rings. The van der Waals surface area contributed by atoms with E-state index in [1.807, 2.05) is 12.3 Å². The van der Waals surface area contributed by atoms with Gasteiger partial charge in [0.2, 0.25) is 0 Å². The van der Waals surface area contributed by atoms with Gasteiger partial charge in [0, 0.05) is 22.7 Å². The number of aromatic nitrogens is 1. The van der Waals surface area contributed by atoms with Crippen LogP contribution in [0.5, 0.6) is 0 Å². The van der Waals surface area contributed by atoms with Crippen LogP contribution in [0.1, 0.15) is 18.9 Å². The van der Waals surface area contributed by atoms with Crippen LogP contribution in [0, 0.1) is 0 Å². The number of halogens is 2. The van der Waals surface area contributed by atoms with E-state index in [-0.39, 0.29) is 0 Å². The van der Waals surface area contributed by atoms with E-state index in [2.05, 4.69) is 33.9 Å². The Morgan fingerprint density at radius 2 is 2.38 bits per heavy atom. The van der Waals surface area contributed by atoms with Crippen molar-refractivity contribution in [3.8, 4) is 0 Å². The van der Waals surface area contributed by atoms with E-state index in [0.717, 1.165) is 16.5 Å². The Hall–Kier alpha value is -0.340. The van der Waals surface area contributed by atoms with Gasteiger partial charge in [-0.05, 0) is 34.0 Å². The average Bonchev–Trinajstić information content (AvgIpc) is 2.14. The predicted molar refractivity (Wildman–Crippen MR) is 60.9 cm³/mol. The van der Waals surface area contributed by atoms with E-state index in [4.69, 9.17) is 11.6 Å². The van der Waals surface area contributed by atoms with Gasteiger partial charge in [0.1, 0.15) is 0 Å². The minimum atomic E-state index is 0.586. The smallest absolute Gasteiger partial charge is 0.0436 e. The monoisotopic (exact) mass is 259 g/mol. The van der Waals surface area contributed by atoms with Crippen LogP contribution in [0.25, 0.3) is 6.08 Å². The number of pyridine rings is 1. The van der Waals surface area contributed by atoms with E-state index >= 15 is 0 Å². The van der Waals surface area contributed by atoms with Crippen LogP contribution >= 0.6 is 27.5 Å². The highest BCUT2D eigenvalue weighted by Gasteiger charge is 1.94. The summed E-state index contributed by atoms with van der Waals surface area (Å²) in [6.07, 6.45) is 6.65. The summed E-state index contributed by atoms with van der Waals surface area (Å²) in [5.41, 5.74) is 2.31. The fourth-order valence-corrected chi connectivity index (χ4v) is 1.63. The lowest BCUT2D eigenvalue weighted by Gasteiger charge is -1.99. The molecule has 1 heterocycles. The van der Waals surface area contributed by atoms with Crippen LogP contribution in [0.4, 0.5) is 0 Å². The molecule has 1 aromatic heterocycles. The summed E-state index contributed by atoms with van der Waals surface area (Å²) >= 11 is 9.13.